The van der Waals surface area contributed by atoms with Crippen LogP contribution >= 0.6 is 11.3 Å². The number of piperazine rings is 1. The minimum absolute atomic E-state index is 0.0607. The van der Waals surface area contributed by atoms with Gasteiger partial charge in [-0.1, -0.05) is 29.8 Å². The smallest absolute Gasteiger partial charge is 0.246 e. The summed E-state index contributed by atoms with van der Waals surface area (Å²) < 4.78 is 0. The largest absolute Gasteiger partial charge is 0.340 e. The molecule has 1 aromatic carbocycles. The Bertz CT molecular complexity index is 925. The number of hydrogen-bond acceptors (Lipinski definition) is 4. The Morgan fingerprint density at radius 1 is 1.14 bits per heavy atom. The lowest BCUT2D eigenvalue weighted by Gasteiger charge is -2.47. The van der Waals surface area contributed by atoms with Crippen LogP contribution in [0.4, 0.5) is 5.69 Å². The number of nitrogens with zero attached hydrogens (tertiary/aromatic N) is 3. The molecule has 7 heteroatoms. The van der Waals surface area contributed by atoms with Gasteiger partial charge in [0, 0.05) is 25.4 Å². The first-order chi connectivity index (χ1) is 13.9. The van der Waals surface area contributed by atoms with Gasteiger partial charge in [0.25, 0.3) is 0 Å². The molecule has 3 amide bonds. The van der Waals surface area contributed by atoms with Crippen LogP contribution in [-0.2, 0) is 20.8 Å². The van der Waals surface area contributed by atoms with E-state index in [9.17, 15) is 14.4 Å². The Hall–Kier alpha value is -2.67. The van der Waals surface area contributed by atoms with Gasteiger partial charge in [0.1, 0.15) is 6.54 Å². The van der Waals surface area contributed by atoms with Crippen LogP contribution in [-0.4, -0.2) is 59.2 Å². The first-order valence-corrected chi connectivity index (χ1v) is 10.8. The van der Waals surface area contributed by atoms with Crippen molar-refractivity contribution in [3.8, 4) is 0 Å². The molecule has 3 heterocycles. The molecule has 0 aliphatic carbocycles. The lowest BCUT2D eigenvalue weighted by atomic mass is 9.92. The predicted molar refractivity (Wildman–Crippen MR) is 113 cm³/mol. The topological polar surface area (TPSA) is 60.9 Å². The standard InChI is InChI=1S/C22H25N3O3S/c1-16-3-5-18(6-4-16)11-20(27)23-9-8-22(14-23)15-24(19-7-10-29-13-19)21(28)12-25(22)17(2)26/h3-7,10,13H,8-9,11-12,14-15H2,1-2H3/t22-/m0/s1. The van der Waals surface area contributed by atoms with Crippen molar-refractivity contribution in [1.29, 1.82) is 0 Å². The lowest BCUT2D eigenvalue weighted by Crippen LogP contribution is -2.67. The number of likely N-dealkylation sites (tertiary alicyclic amines) is 1. The molecule has 152 valence electrons. The lowest BCUT2D eigenvalue weighted by molar-refractivity contribution is -0.143. The molecule has 0 radical (unpaired) electrons. The SMILES string of the molecule is CC(=O)N1CC(=O)N(c2ccsc2)C[C@@]12CCN(C(=O)Cc1ccc(C)cc1)C2. The van der Waals surface area contributed by atoms with Crippen LogP contribution in [0.1, 0.15) is 24.5 Å². The Kier molecular flexibility index (Phi) is 5.17. The molecular formula is C22H25N3O3S. The van der Waals surface area contributed by atoms with Crippen molar-refractivity contribution in [2.24, 2.45) is 0 Å². The van der Waals surface area contributed by atoms with E-state index in [2.05, 4.69) is 0 Å². The van der Waals surface area contributed by atoms with E-state index in [1.165, 1.54) is 12.5 Å². The summed E-state index contributed by atoms with van der Waals surface area (Å²) in [4.78, 5) is 43.3. The maximum atomic E-state index is 12.9. The molecule has 2 aliphatic rings. The number of hydrogen-bond donors (Lipinski definition) is 0. The third-order valence-corrected chi connectivity index (χ3v) is 6.65. The molecule has 1 aromatic heterocycles. The van der Waals surface area contributed by atoms with E-state index in [1.807, 2.05) is 52.9 Å². The number of benzene rings is 1. The number of rotatable bonds is 3. The van der Waals surface area contributed by atoms with Gasteiger partial charge >= 0.3 is 0 Å². The molecule has 0 unspecified atom stereocenters. The van der Waals surface area contributed by atoms with Crippen molar-refractivity contribution in [3.63, 3.8) is 0 Å². The molecule has 2 aromatic rings. The highest BCUT2D eigenvalue weighted by molar-refractivity contribution is 7.08. The third kappa shape index (κ3) is 3.79. The van der Waals surface area contributed by atoms with Crippen LogP contribution in [0.15, 0.2) is 41.1 Å². The zero-order valence-electron chi connectivity index (χ0n) is 16.8. The van der Waals surface area contributed by atoms with Crippen molar-refractivity contribution < 1.29 is 14.4 Å². The maximum absolute atomic E-state index is 12.9. The summed E-state index contributed by atoms with van der Waals surface area (Å²) in [6, 6.07) is 9.92. The van der Waals surface area contributed by atoms with Gasteiger partial charge in [-0.2, -0.15) is 11.3 Å². The summed E-state index contributed by atoms with van der Waals surface area (Å²) in [5.41, 5.74) is 2.50. The number of carbonyl (C=O) groups is 3. The van der Waals surface area contributed by atoms with Crippen molar-refractivity contribution >= 4 is 34.7 Å². The van der Waals surface area contributed by atoms with E-state index in [4.69, 9.17) is 0 Å². The van der Waals surface area contributed by atoms with Crippen LogP contribution in [0.3, 0.4) is 0 Å². The van der Waals surface area contributed by atoms with Gasteiger partial charge in [0.15, 0.2) is 0 Å². The van der Waals surface area contributed by atoms with Crippen molar-refractivity contribution in [1.82, 2.24) is 9.80 Å². The fourth-order valence-corrected chi connectivity index (χ4v) is 5.00. The second-order valence-corrected chi connectivity index (χ2v) is 8.80. The zero-order chi connectivity index (χ0) is 20.6. The molecule has 2 aliphatic heterocycles. The van der Waals surface area contributed by atoms with E-state index in [0.29, 0.717) is 32.5 Å². The van der Waals surface area contributed by atoms with E-state index in [-0.39, 0.29) is 24.3 Å². The monoisotopic (exact) mass is 411 g/mol. The van der Waals surface area contributed by atoms with E-state index in [0.717, 1.165) is 11.3 Å². The van der Waals surface area contributed by atoms with Gasteiger partial charge < -0.3 is 14.7 Å². The number of thiophene rings is 1. The van der Waals surface area contributed by atoms with Gasteiger partial charge in [0.2, 0.25) is 17.7 Å². The van der Waals surface area contributed by atoms with Gasteiger partial charge in [-0.25, -0.2) is 0 Å². The van der Waals surface area contributed by atoms with Crippen LogP contribution < -0.4 is 4.90 Å². The Labute approximate surface area is 174 Å². The normalized spacial score (nSPS) is 21.9. The molecule has 4 rings (SSSR count). The molecular weight excluding hydrogens is 386 g/mol. The number of anilines is 1. The summed E-state index contributed by atoms with van der Waals surface area (Å²) in [7, 11) is 0. The van der Waals surface area contributed by atoms with Crippen LogP contribution in [0.25, 0.3) is 0 Å². The molecule has 29 heavy (non-hydrogen) atoms. The summed E-state index contributed by atoms with van der Waals surface area (Å²) in [6.45, 7) is 5.08. The Balaban J connectivity index is 1.53. The van der Waals surface area contributed by atoms with E-state index >= 15 is 0 Å². The molecule has 0 N–H and O–H groups in total. The first kappa shape index (κ1) is 19.6. The average molecular weight is 412 g/mol. The summed E-state index contributed by atoms with van der Waals surface area (Å²) in [6.07, 6.45) is 1.03. The van der Waals surface area contributed by atoms with E-state index < -0.39 is 5.54 Å². The Morgan fingerprint density at radius 3 is 2.55 bits per heavy atom. The minimum atomic E-state index is -0.523. The second-order valence-electron chi connectivity index (χ2n) is 8.02. The van der Waals surface area contributed by atoms with Crippen molar-refractivity contribution in [2.75, 3.05) is 31.1 Å². The predicted octanol–water partition coefficient (Wildman–Crippen LogP) is 2.47. The number of carbonyl (C=O) groups excluding carboxylic acids is 3. The van der Waals surface area contributed by atoms with E-state index in [1.54, 1.807) is 21.1 Å². The summed E-state index contributed by atoms with van der Waals surface area (Å²) in [5, 5.41) is 3.89. The maximum Gasteiger partial charge on any atom is 0.246 e. The van der Waals surface area contributed by atoms with Gasteiger partial charge in [-0.3, -0.25) is 14.4 Å². The van der Waals surface area contributed by atoms with Crippen molar-refractivity contribution in [3.05, 3.63) is 52.2 Å². The molecule has 1 spiro atoms. The quantitative estimate of drug-likeness (QED) is 0.780. The molecule has 1 atom stereocenters. The highest BCUT2D eigenvalue weighted by Crippen LogP contribution is 2.35. The molecule has 2 saturated heterocycles. The zero-order valence-corrected chi connectivity index (χ0v) is 17.6. The summed E-state index contributed by atoms with van der Waals surface area (Å²) in [5.74, 6) is -0.127. The fourth-order valence-electron chi connectivity index (χ4n) is 4.36. The van der Waals surface area contributed by atoms with Gasteiger partial charge in [-0.15, -0.1) is 0 Å². The molecule has 2 fully saturated rings. The highest BCUT2D eigenvalue weighted by Gasteiger charge is 2.51. The average Bonchev–Trinajstić information content (AvgIpc) is 3.36. The molecule has 0 bridgehead atoms. The number of amides is 3. The summed E-state index contributed by atoms with van der Waals surface area (Å²) >= 11 is 1.54. The minimum Gasteiger partial charge on any atom is -0.340 e. The molecule has 6 nitrogen and oxygen atoms in total. The Morgan fingerprint density at radius 2 is 1.90 bits per heavy atom. The first-order valence-electron chi connectivity index (χ1n) is 9.82. The van der Waals surface area contributed by atoms with Crippen LogP contribution in [0.2, 0.25) is 0 Å². The van der Waals surface area contributed by atoms with Gasteiger partial charge in [0.05, 0.1) is 24.2 Å². The number of aryl methyl sites for hydroxylation is 1. The fraction of sp³-hybridized carbons (Fsp3) is 0.409. The second kappa shape index (κ2) is 7.63. The molecule has 0 saturated carbocycles. The van der Waals surface area contributed by atoms with Crippen LogP contribution in [0, 0.1) is 6.92 Å². The highest BCUT2D eigenvalue weighted by atomic mass is 32.1. The van der Waals surface area contributed by atoms with Crippen LogP contribution in [0.5, 0.6) is 0 Å². The third-order valence-electron chi connectivity index (χ3n) is 5.98. The van der Waals surface area contributed by atoms with Gasteiger partial charge in [-0.05, 0) is 30.4 Å². The van der Waals surface area contributed by atoms with Crippen molar-refractivity contribution in [2.45, 2.75) is 32.2 Å².